The Bertz CT molecular complexity index is 438. The molecule has 0 aliphatic heterocycles. The molecule has 0 unspecified atom stereocenters. The van der Waals surface area contributed by atoms with Crippen LogP contribution in [0.25, 0.3) is 0 Å². The highest BCUT2D eigenvalue weighted by atomic mass is 16.5. The Labute approximate surface area is 120 Å². The van der Waals surface area contributed by atoms with Crippen molar-refractivity contribution in [1.29, 1.82) is 0 Å². The largest absolute Gasteiger partial charge is 0.494 e. The topological polar surface area (TPSA) is 49.8 Å². The van der Waals surface area contributed by atoms with E-state index in [4.69, 9.17) is 4.74 Å². The summed E-state index contributed by atoms with van der Waals surface area (Å²) in [6.45, 7) is 3.86. The van der Waals surface area contributed by atoms with Gasteiger partial charge in [-0.3, -0.25) is 9.69 Å². The SMILES string of the molecule is CCOc1ccc(C(=O)CN(C)CC2CC(O)C2)cc1. The van der Waals surface area contributed by atoms with E-state index in [0.29, 0.717) is 24.6 Å². The Balaban J connectivity index is 1.81. The number of hydrogen-bond acceptors (Lipinski definition) is 4. The van der Waals surface area contributed by atoms with Crippen molar-refractivity contribution < 1.29 is 14.6 Å². The number of benzene rings is 1. The first-order valence-electron chi connectivity index (χ1n) is 7.21. The zero-order valence-electron chi connectivity index (χ0n) is 12.2. The fraction of sp³-hybridized carbons (Fsp3) is 0.562. The Kier molecular flexibility index (Phi) is 5.15. The van der Waals surface area contributed by atoms with Gasteiger partial charge in [-0.15, -0.1) is 0 Å². The lowest BCUT2D eigenvalue weighted by atomic mass is 9.82. The van der Waals surface area contributed by atoms with Crippen LogP contribution in [0.3, 0.4) is 0 Å². The average Bonchev–Trinajstić information content (AvgIpc) is 2.38. The smallest absolute Gasteiger partial charge is 0.176 e. The molecule has 0 aromatic heterocycles. The van der Waals surface area contributed by atoms with E-state index in [0.717, 1.165) is 25.1 Å². The maximum absolute atomic E-state index is 12.1. The number of ether oxygens (including phenoxy) is 1. The van der Waals surface area contributed by atoms with Crippen LogP contribution in [0, 0.1) is 5.92 Å². The maximum Gasteiger partial charge on any atom is 0.176 e. The van der Waals surface area contributed by atoms with Gasteiger partial charge in [0.05, 0.1) is 19.3 Å². The third kappa shape index (κ3) is 4.05. The Morgan fingerprint density at radius 1 is 1.35 bits per heavy atom. The van der Waals surface area contributed by atoms with Gasteiger partial charge in [0, 0.05) is 12.1 Å². The maximum atomic E-state index is 12.1. The van der Waals surface area contributed by atoms with Crippen molar-refractivity contribution in [1.82, 2.24) is 4.90 Å². The summed E-state index contributed by atoms with van der Waals surface area (Å²) in [6, 6.07) is 7.29. The van der Waals surface area contributed by atoms with E-state index in [9.17, 15) is 9.90 Å². The number of nitrogens with zero attached hydrogens (tertiary/aromatic N) is 1. The number of carbonyl (C=O) groups excluding carboxylic acids is 1. The van der Waals surface area contributed by atoms with Gasteiger partial charge in [-0.25, -0.2) is 0 Å². The summed E-state index contributed by atoms with van der Waals surface area (Å²) < 4.78 is 5.36. The first kappa shape index (κ1) is 15.0. The van der Waals surface area contributed by atoms with Crippen LogP contribution in [0.5, 0.6) is 5.75 Å². The molecule has 20 heavy (non-hydrogen) atoms. The van der Waals surface area contributed by atoms with Crippen molar-refractivity contribution in [2.24, 2.45) is 5.92 Å². The average molecular weight is 277 g/mol. The lowest BCUT2D eigenvalue weighted by Crippen LogP contribution is -2.38. The zero-order chi connectivity index (χ0) is 14.5. The highest BCUT2D eigenvalue weighted by Crippen LogP contribution is 2.27. The number of aliphatic hydroxyl groups is 1. The van der Waals surface area contributed by atoms with Gasteiger partial charge in [-0.05, 0) is 57.0 Å². The minimum absolute atomic E-state index is 0.121. The molecule has 0 bridgehead atoms. The number of likely N-dealkylation sites (N-methyl/N-ethyl adjacent to an activating group) is 1. The summed E-state index contributed by atoms with van der Waals surface area (Å²) in [5.74, 6) is 1.44. The molecule has 0 heterocycles. The second-order valence-electron chi connectivity index (χ2n) is 5.57. The molecule has 1 N–H and O–H groups in total. The molecule has 110 valence electrons. The van der Waals surface area contributed by atoms with Gasteiger partial charge in [0.25, 0.3) is 0 Å². The van der Waals surface area contributed by atoms with E-state index in [1.54, 1.807) is 0 Å². The molecule has 1 aliphatic rings. The van der Waals surface area contributed by atoms with Crippen molar-refractivity contribution in [3.05, 3.63) is 29.8 Å². The summed E-state index contributed by atoms with van der Waals surface area (Å²) >= 11 is 0. The van der Waals surface area contributed by atoms with Gasteiger partial charge in [-0.1, -0.05) is 0 Å². The number of aliphatic hydroxyl groups excluding tert-OH is 1. The molecule has 0 atom stereocenters. The molecule has 0 amide bonds. The predicted octanol–water partition coefficient (Wildman–Crippen LogP) is 1.97. The minimum Gasteiger partial charge on any atom is -0.494 e. The summed E-state index contributed by atoms with van der Waals surface area (Å²) in [4.78, 5) is 14.2. The summed E-state index contributed by atoms with van der Waals surface area (Å²) in [7, 11) is 1.96. The normalized spacial score (nSPS) is 21.6. The van der Waals surface area contributed by atoms with E-state index in [2.05, 4.69) is 0 Å². The zero-order valence-corrected chi connectivity index (χ0v) is 12.2. The predicted molar refractivity (Wildman–Crippen MR) is 78.2 cm³/mol. The molecule has 1 saturated carbocycles. The van der Waals surface area contributed by atoms with Gasteiger partial charge in [0.2, 0.25) is 0 Å². The first-order chi connectivity index (χ1) is 9.58. The third-order valence-corrected chi connectivity index (χ3v) is 3.68. The highest BCUT2D eigenvalue weighted by Gasteiger charge is 2.28. The van der Waals surface area contributed by atoms with Crippen molar-refractivity contribution in [2.45, 2.75) is 25.9 Å². The number of carbonyl (C=O) groups is 1. The van der Waals surface area contributed by atoms with Gasteiger partial charge in [0.15, 0.2) is 5.78 Å². The monoisotopic (exact) mass is 277 g/mol. The van der Waals surface area contributed by atoms with Crippen LogP contribution in [0.2, 0.25) is 0 Å². The second-order valence-corrected chi connectivity index (χ2v) is 5.57. The first-order valence-corrected chi connectivity index (χ1v) is 7.21. The van der Waals surface area contributed by atoms with Crippen LogP contribution in [-0.4, -0.2) is 48.6 Å². The van der Waals surface area contributed by atoms with Crippen LogP contribution < -0.4 is 4.74 Å². The summed E-state index contributed by atoms with van der Waals surface area (Å²) in [5.41, 5.74) is 0.717. The molecule has 4 nitrogen and oxygen atoms in total. The second kappa shape index (κ2) is 6.86. The quantitative estimate of drug-likeness (QED) is 0.774. The molecule has 1 aliphatic carbocycles. The molecular formula is C16H23NO3. The lowest BCUT2D eigenvalue weighted by Gasteiger charge is -2.34. The molecule has 0 spiro atoms. The van der Waals surface area contributed by atoms with Crippen molar-refractivity contribution in [2.75, 3.05) is 26.7 Å². The summed E-state index contributed by atoms with van der Waals surface area (Å²) in [5, 5.41) is 9.26. The Hall–Kier alpha value is -1.39. The van der Waals surface area contributed by atoms with Crippen molar-refractivity contribution in [3.8, 4) is 5.75 Å². The van der Waals surface area contributed by atoms with Crippen LogP contribution in [0.15, 0.2) is 24.3 Å². The molecule has 0 radical (unpaired) electrons. The van der Waals surface area contributed by atoms with Crippen LogP contribution >= 0.6 is 0 Å². The van der Waals surface area contributed by atoms with E-state index >= 15 is 0 Å². The highest BCUT2D eigenvalue weighted by molar-refractivity contribution is 5.97. The number of Topliss-reactive ketones (excluding diaryl/α,β-unsaturated/α-hetero) is 1. The molecule has 0 saturated heterocycles. The molecule has 4 heteroatoms. The van der Waals surface area contributed by atoms with E-state index in [-0.39, 0.29) is 11.9 Å². The van der Waals surface area contributed by atoms with Gasteiger partial charge in [0.1, 0.15) is 5.75 Å². The van der Waals surface area contributed by atoms with Crippen LogP contribution in [0.1, 0.15) is 30.1 Å². The molecular weight excluding hydrogens is 254 g/mol. The molecule has 1 fully saturated rings. The van der Waals surface area contributed by atoms with E-state index < -0.39 is 0 Å². The molecule has 1 aromatic carbocycles. The van der Waals surface area contributed by atoms with Crippen molar-refractivity contribution >= 4 is 5.78 Å². The number of rotatable bonds is 7. The number of hydrogen-bond donors (Lipinski definition) is 1. The van der Waals surface area contributed by atoms with Gasteiger partial charge >= 0.3 is 0 Å². The lowest BCUT2D eigenvalue weighted by molar-refractivity contribution is 0.0286. The van der Waals surface area contributed by atoms with Gasteiger partial charge < -0.3 is 9.84 Å². The van der Waals surface area contributed by atoms with Crippen molar-refractivity contribution in [3.63, 3.8) is 0 Å². The fourth-order valence-electron chi connectivity index (χ4n) is 2.60. The molecule has 2 rings (SSSR count). The Morgan fingerprint density at radius 3 is 2.55 bits per heavy atom. The van der Waals surface area contributed by atoms with E-state index in [1.165, 1.54) is 0 Å². The Morgan fingerprint density at radius 2 is 2.00 bits per heavy atom. The standard InChI is InChI=1S/C16H23NO3/c1-3-20-15-6-4-13(5-7-15)16(19)11-17(2)10-12-8-14(18)9-12/h4-7,12,14,18H,3,8-11H2,1-2H3. The minimum atomic E-state index is -0.129. The number of ketones is 1. The third-order valence-electron chi connectivity index (χ3n) is 3.68. The fourth-order valence-corrected chi connectivity index (χ4v) is 2.60. The van der Waals surface area contributed by atoms with Crippen LogP contribution in [-0.2, 0) is 0 Å². The molecule has 1 aromatic rings. The summed E-state index contributed by atoms with van der Waals surface area (Å²) in [6.07, 6.45) is 1.60. The van der Waals surface area contributed by atoms with Crippen LogP contribution in [0.4, 0.5) is 0 Å². The van der Waals surface area contributed by atoms with E-state index in [1.807, 2.05) is 43.1 Å². The van der Waals surface area contributed by atoms with Gasteiger partial charge in [-0.2, -0.15) is 0 Å².